The summed E-state index contributed by atoms with van der Waals surface area (Å²) in [7, 11) is 0. The number of hydrogen-bond donors (Lipinski definition) is 0. The van der Waals surface area contributed by atoms with Gasteiger partial charge in [0, 0.05) is 34.6 Å². The van der Waals surface area contributed by atoms with E-state index in [0.717, 1.165) is 44.6 Å². The van der Waals surface area contributed by atoms with E-state index in [4.69, 9.17) is 9.97 Å². The van der Waals surface area contributed by atoms with Crippen LogP contribution in [-0.4, -0.2) is 15.0 Å². The van der Waals surface area contributed by atoms with E-state index in [9.17, 15) is 0 Å². The number of rotatable bonds is 5. The maximum absolute atomic E-state index is 5.29. The van der Waals surface area contributed by atoms with Gasteiger partial charge in [-0.25, -0.2) is 9.97 Å². The molecular formula is C59H35N3. The van der Waals surface area contributed by atoms with E-state index in [1.165, 1.54) is 81.1 Å². The lowest BCUT2D eigenvalue weighted by Gasteiger charge is -2.18. The quantitative estimate of drug-likeness (QED) is 0.163. The first-order chi connectivity index (χ1) is 30.7. The Balaban J connectivity index is 1.06. The summed E-state index contributed by atoms with van der Waals surface area (Å²) < 4.78 is 0. The van der Waals surface area contributed by atoms with E-state index in [1.807, 2.05) is 30.5 Å². The van der Waals surface area contributed by atoms with Crippen molar-refractivity contribution >= 4 is 75.4 Å². The molecule has 0 unspecified atom stereocenters. The minimum absolute atomic E-state index is 0.691. The molecule has 0 amide bonds. The van der Waals surface area contributed by atoms with Crippen LogP contribution in [0.4, 0.5) is 0 Å². The van der Waals surface area contributed by atoms with Gasteiger partial charge in [-0.1, -0.05) is 170 Å². The molecule has 13 aromatic rings. The first kappa shape index (κ1) is 34.6. The Hall–Kier alpha value is -8.27. The molecule has 2 heterocycles. The van der Waals surface area contributed by atoms with Crippen LogP contribution >= 0.6 is 0 Å². The molecule has 0 aliphatic rings. The number of aromatic nitrogens is 3. The summed E-state index contributed by atoms with van der Waals surface area (Å²) in [6, 6.07) is 72.8. The average Bonchev–Trinajstić information content (AvgIpc) is 3.35. The lowest BCUT2D eigenvalue weighted by atomic mass is 9.86. The molecule has 3 nitrogen and oxygen atoms in total. The van der Waals surface area contributed by atoms with Crippen LogP contribution in [0.1, 0.15) is 0 Å². The van der Waals surface area contributed by atoms with Crippen LogP contribution in [0.15, 0.2) is 213 Å². The van der Waals surface area contributed by atoms with E-state index >= 15 is 0 Å². The van der Waals surface area contributed by atoms with Crippen LogP contribution in [-0.2, 0) is 0 Å². The summed E-state index contributed by atoms with van der Waals surface area (Å²) in [5.74, 6) is 0.691. The highest BCUT2D eigenvalue weighted by molar-refractivity contribution is 6.37. The van der Waals surface area contributed by atoms with Gasteiger partial charge in [-0.15, -0.1) is 0 Å². The first-order valence-corrected chi connectivity index (χ1v) is 21.2. The van der Waals surface area contributed by atoms with Crippen molar-refractivity contribution < 1.29 is 0 Å². The maximum atomic E-state index is 5.29. The molecule has 2 aromatic heterocycles. The standard InChI is InChI=1S/C59H35N3/c1-2-11-39(12-3-1)59-61-53(41-17-6-16-40(31-41)43-18-10-30-60-35-43)34-54(62-59)48-29-28-45(46-19-4-5-20-47(46)48)44-32-42-27-26-38-14-8-22-50-49-21-7-13-36-24-25-37-15-9-23-51(57(37)55(36)49)52(33-44)58(42)56(38)50/h1-35H. The van der Waals surface area contributed by atoms with Gasteiger partial charge in [-0.3, -0.25) is 4.98 Å². The molecule has 0 N–H and O–H groups in total. The van der Waals surface area contributed by atoms with Crippen LogP contribution < -0.4 is 0 Å². The highest BCUT2D eigenvalue weighted by atomic mass is 14.9. The molecule has 0 radical (unpaired) electrons. The molecule has 286 valence electrons. The van der Waals surface area contributed by atoms with Crippen molar-refractivity contribution in [3.8, 4) is 56.2 Å². The smallest absolute Gasteiger partial charge is 0.160 e. The van der Waals surface area contributed by atoms with Gasteiger partial charge in [0.2, 0.25) is 0 Å². The number of benzene rings is 10. The van der Waals surface area contributed by atoms with Crippen LogP contribution in [0.25, 0.3) is 132 Å². The minimum atomic E-state index is 0.691. The molecule has 0 saturated carbocycles. The molecular weight excluding hydrogens is 751 g/mol. The van der Waals surface area contributed by atoms with E-state index < -0.39 is 0 Å². The summed E-state index contributed by atoms with van der Waals surface area (Å²) in [4.78, 5) is 14.9. The topological polar surface area (TPSA) is 38.7 Å². The van der Waals surface area contributed by atoms with E-state index in [2.05, 4.69) is 181 Å². The van der Waals surface area contributed by atoms with Gasteiger partial charge in [-0.2, -0.15) is 0 Å². The lowest BCUT2D eigenvalue weighted by molar-refractivity contribution is 1.18. The van der Waals surface area contributed by atoms with Crippen molar-refractivity contribution in [2.45, 2.75) is 0 Å². The highest BCUT2D eigenvalue weighted by Gasteiger charge is 2.19. The second-order valence-electron chi connectivity index (χ2n) is 16.3. The van der Waals surface area contributed by atoms with Crippen molar-refractivity contribution in [1.82, 2.24) is 15.0 Å². The van der Waals surface area contributed by atoms with Gasteiger partial charge in [0.25, 0.3) is 0 Å². The highest BCUT2D eigenvalue weighted by Crippen LogP contribution is 2.46. The van der Waals surface area contributed by atoms with Crippen LogP contribution in [0, 0.1) is 0 Å². The number of nitrogens with zero attached hydrogens (tertiary/aromatic N) is 3. The Morgan fingerprint density at radius 2 is 0.806 bits per heavy atom. The van der Waals surface area contributed by atoms with Gasteiger partial charge in [-0.05, 0) is 122 Å². The van der Waals surface area contributed by atoms with Gasteiger partial charge < -0.3 is 0 Å². The fraction of sp³-hybridized carbons (Fsp3) is 0. The van der Waals surface area contributed by atoms with Crippen molar-refractivity contribution in [3.05, 3.63) is 213 Å². The number of hydrogen-bond acceptors (Lipinski definition) is 3. The Bertz CT molecular complexity index is 3910. The van der Waals surface area contributed by atoms with Crippen LogP contribution in [0.5, 0.6) is 0 Å². The largest absolute Gasteiger partial charge is 0.264 e. The zero-order valence-corrected chi connectivity index (χ0v) is 33.5. The molecule has 0 spiro atoms. The molecule has 0 aliphatic carbocycles. The zero-order chi connectivity index (χ0) is 40.7. The summed E-state index contributed by atoms with van der Waals surface area (Å²) in [5, 5.41) is 17.7. The van der Waals surface area contributed by atoms with E-state index in [0.29, 0.717) is 5.82 Å². The minimum Gasteiger partial charge on any atom is -0.264 e. The second-order valence-corrected chi connectivity index (χ2v) is 16.3. The normalized spacial score (nSPS) is 11.9. The third kappa shape index (κ3) is 5.35. The van der Waals surface area contributed by atoms with Crippen LogP contribution in [0.3, 0.4) is 0 Å². The van der Waals surface area contributed by atoms with Crippen molar-refractivity contribution in [1.29, 1.82) is 0 Å². The fourth-order valence-electron chi connectivity index (χ4n) is 10.1. The average molecular weight is 786 g/mol. The summed E-state index contributed by atoms with van der Waals surface area (Å²) in [5.41, 5.74) is 9.33. The van der Waals surface area contributed by atoms with Crippen LogP contribution in [0.2, 0.25) is 0 Å². The van der Waals surface area contributed by atoms with Gasteiger partial charge >= 0.3 is 0 Å². The van der Waals surface area contributed by atoms with Gasteiger partial charge in [0.15, 0.2) is 5.82 Å². The molecule has 11 aromatic carbocycles. The lowest BCUT2D eigenvalue weighted by Crippen LogP contribution is -1.97. The molecule has 3 heteroatoms. The van der Waals surface area contributed by atoms with E-state index in [-0.39, 0.29) is 0 Å². The molecule has 13 rings (SSSR count). The Morgan fingerprint density at radius 3 is 1.50 bits per heavy atom. The Labute approximate surface area is 357 Å². The summed E-state index contributed by atoms with van der Waals surface area (Å²) >= 11 is 0. The first-order valence-electron chi connectivity index (χ1n) is 21.2. The molecule has 0 atom stereocenters. The molecule has 0 bridgehead atoms. The molecule has 0 aliphatic heterocycles. The van der Waals surface area contributed by atoms with Gasteiger partial charge in [0.1, 0.15) is 0 Å². The predicted octanol–water partition coefficient (Wildman–Crippen LogP) is 15.7. The summed E-state index contributed by atoms with van der Waals surface area (Å²) in [6.45, 7) is 0. The maximum Gasteiger partial charge on any atom is 0.160 e. The molecule has 0 fully saturated rings. The SMILES string of the molecule is c1ccc(-c2nc(-c3cccc(-c4cccnc4)c3)cc(-c3ccc(-c4cc5ccc6cccc7c8cccc9ccc%10cccc(c(c4)c5c67)c%10c98)c4ccccc34)n2)cc1. The molecule has 0 saturated heterocycles. The number of pyridine rings is 1. The zero-order valence-electron chi connectivity index (χ0n) is 33.5. The van der Waals surface area contributed by atoms with Crippen molar-refractivity contribution in [2.24, 2.45) is 0 Å². The second kappa shape index (κ2) is 13.6. The Morgan fingerprint density at radius 1 is 0.274 bits per heavy atom. The fourth-order valence-corrected chi connectivity index (χ4v) is 10.1. The number of fused-ring (bicyclic) bond motifs is 3. The summed E-state index contributed by atoms with van der Waals surface area (Å²) in [6.07, 6.45) is 3.71. The third-order valence-corrected chi connectivity index (χ3v) is 12.8. The van der Waals surface area contributed by atoms with Crippen molar-refractivity contribution in [2.75, 3.05) is 0 Å². The Kier molecular flexibility index (Phi) is 7.60. The monoisotopic (exact) mass is 785 g/mol. The van der Waals surface area contributed by atoms with Gasteiger partial charge in [0.05, 0.1) is 11.4 Å². The van der Waals surface area contributed by atoms with E-state index in [1.54, 1.807) is 6.20 Å². The predicted molar refractivity (Wildman–Crippen MR) is 261 cm³/mol. The van der Waals surface area contributed by atoms with Crippen molar-refractivity contribution in [3.63, 3.8) is 0 Å². The molecule has 62 heavy (non-hydrogen) atoms. The third-order valence-electron chi connectivity index (χ3n) is 12.8.